The Balaban J connectivity index is 3.35. The highest BCUT2D eigenvalue weighted by molar-refractivity contribution is 7.51. The maximum atomic E-state index is 11.9. The standard InChI is InChI=1S/C18H40NO3P/c1-3-5-7-9-11-13-15-17-21-23(19,20)22-18-16-14-12-10-8-6-4-2/h3-18H2,1-2H3,(H2,19,20). The zero-order chi connectivity index (χ0) is 17.2. The monoisotopic (exact) mass is 349 g/mol. The molecule has 0 bridgehead atoms. The van der Waals surface area contributed by atoms with Gasteiger partial charge in [0, 0.05) is 0 Å². The third-order valence-corrected chi connectivity index (χ3v) is 5.12. The molecule has 0 aliphatic carbocycles. The first kappa shape index (κ1) is 23.1. The van der Waals surface area contributed by atoms with Crippen molar-refractivity contribution in [2.24, 2.45) is 5.50 Å². The van der Waals surface area contributed by atoms with Crippen LogP contribution in [0.5, 0.6) is 0 Å². The molecule has 23 heavy (non-hydrogen) atoms. The molecule has 0 saturated carbocycles. The van der Waals surface area contributed by atoms with Gasteiger partial charge in [0.1, 0.15) is 0 Å². The van der Waals surface area contributed by atoms with Gasteiger partial charge in [-0.1, -0.05) is 90.9 Å². The molecule has 0 rings (SSSR count). The molecule has 0 radical (unpaired) electrons. The van der Waals surface area contributed by atoms with Crippen LogP contribution in [0.1, 0.15) is 104 Å². The molecule has 0 atom stereocenters. The van der Waals surface area contributed by atoms with E-state index in [1.54, 1.807) is 0 Å². The Kier molecular flexibility index (Phi) is 17.0. The fourth-order valence-electron chi connectivity index (χ4n) is 2.54. The van der Waals surface area contributed by atoms with Gasteiger partial charge in [-0.15, -0.1) is 0 Å². The smallest absolute Gasteiger partial charge is 0.297 e. The molecule has 0 aromatic heterocycles. The lowest BCUT2D eigenvalue weighted by atomic mass is 10.1. The quantitative estimate of drug-likeness (QED) is 0.224. The van der Waals surface area contributed by atoms with Crippen molar-refractivity contribution < 1.29 is 13.6 Å². The van der Waals surface area contributed by atoms with Gasteiger partial charge < -0.3 is 0 Å². The lowest BCUT2D eigenvalue weighted by Crippen LogP contribution is -2.06. The molecule has 5 heteroatoms. The SMILES string of the molecule is CCCCCCCCCOP(N)(=O)OCCCCCCCCC. The van der Waals surface area contributed by atoms with E-state index in [4.69, 9.17) is 14.6 Å². The molecule has 0 amide bonds. The summed E-state index contributed by atoms with van der Waals surface area (Å²) in [5.74, 6) is 0. The predicted molar refractivity (Wildman–Crippen MR) is 99.7 cm³/mol. The highest BCUT2D eigenvalue weighted by Crippen LogP contribution is 2.39. The Morgan fingerprint density at radius 1 is 0.609 bits per heavy atom. The number of unbranched alkanes of at least 4 members (excludes halogenated alkanes) is 12. The van der Waals surface area contributed by atoms with Crippen molar-refractivity contribution in [3.05, 3.63) is 0 Å². The second kappa shape index (κ2) is 17.0. The zero-order valence-corrected chi connectivity index (χ0v) is 16.5. The molecule has 0 aromatic rings. The molecule has 140 valence electrons. The molecule has 0 aliphatic heterocycles. The summed E-state index contributed by atoms with van der Waals surface area (Å²) in [5, 5.41) is 0. The normalized spacial score (nSPS) is 12.0. The van der Waals surface area contributed by atoms with Crippen molar-refractivity contribution in [1.29, 1.82) is 0 Å². The van der Waals surface area contributed by atoms with E-state index in [1.165, 1.54) is 64.2 Å². The Hall–Kier alpha value is 0.110. The van der Waals surface area contributed by atoms with Crippen LogP contribution in [0, 0.1) is 0 Å². The highest BCUT2D eigenvalue weighted by Gasteiger charge is 2.17. The molecule has 0 aliphatic rings. The van der Waals surface area contributed by atoms with Crippen molar-refractivity contribution in [3.63, 3.8) is 0 Å². The number of nitrogens with two attached hydrogens (primary N) is 1. The minimum absolute atomic E-state index is 0.443. The summed E-state index contributed by atoms with van der Waals surface area (Å²) in [5.41, 5.74) is 5.59. The molecule has 0 aromatic carbocycles. The van der Waals surface area contributed by atoms with E-state index in [0.29, 0.717) is 13.2 Å². The van der Waals surface area contributed by atoms with Gasteiger partial charge >= 0.3 is 7.75 Å². The van der Waals surface area contributed by atoms with Gasteiger partial charge in [-0.3, -0.25) is 9.05 Å². The summed E-state index contributed by atoms with van der Waals surface area (Å²) in [7, 11) is -3.32. The third kappa shape index (κ3) is 18.3. The van der Waals surface area contributed by atoms with Gasteiger partial charge in [0.25, 0.3) is 0 Å². The summed E-state index contributed by atoms with van der Waals surface area (Å²) in [6.07, 6.45) is 16.9. The molecular formula is C18H40NO3P. The molecule has 0 saturated heterocycles. The van der Waals surface area contributed by atoms with Gasteiger partial charge in [0.15, 0.2) is 0 Å². The molecule has 4 nitrogen and oxygen atoms in total. The van der Waals surface area contributed by atoms with Gasteiger partial charge in [0.2, 0.25) is 0 Å². The molecular weight excluding hydrogens is 309 g/mol. The van der Waals surface area contributed by atoms with Crippen LogP contribution in [-0.4, -0.2) is 13.2 Å². The van der Waals surface area contributed by atoms with Gasteiger partial charge in [-0.25, -0.2) is 10.1 Å². The van der Waals surface area contributed by atoms with Gasteiger partial charge in [0.05, 0.1) is 13.2 Å². The molecule has 0 heterocycles. The average molecular weight is 349 g/mol. The fraction of sp³-hybridized carbons (Fsp3) is 1.00. The first-order valence-electron chi connectivity index (χ1n) is 9.80. The first-order valence-corrected chi connectivity index (χ1v) is 11.4. The van der Waals surface area contributed by atoms with Crippen molar-refractivity contribution >= 4 is 7.75 Å². The van der Waals surface area contributed by atoms with Crippen LogP contribution >= 0.6 is 7.75 Å². The van der Waals surface area contributed by atoms with Gasteiger partial charge in [-0.2, -0.15) is 0 Å². The topological polar surface area (TPSA) is 61.5 Å². The maximum absolute atomic E-state index is 11.9. The lowest BCUT2D eigenvalue weighted by Gasteiger charge is -2.13. The summed E-state index contributed by atoms with van der Waals surface area (Å²) in [4.78, 5) is 0. The summed E-state index contributed by atoms with van der Waals surface area (Å²) >= 11 is 0. The van der Waals surface area contributed by atoms with Crippen LogP contribution < -0.4 is 5.50 Å². The highest BCUT2D eigenvalue weighted by atomic mass is 31.2. The van der Waals surface area contributed by atoms with E-state index in [2.05, 4.69) is 13.8 Å². The molecule has 2 N–H and O–H groups in total. The lowest BCUT2D eigenvalue weighted by molar-refractivity contribution is 0.198. The Morgan fingerprint density at radius 2 is 0.913 bits per heavy atom. The van der Waals surface area contributed by atoms with Crippen molar-refractivity contribution in [3.8, 4) is 0 Å². The predicted octanol–water partition coefficient (Wildman–Crippen LogP) is 6.59. The second-order valence-corrected chi connectivity index (χ2v) is 8.04. The van der Waals surface area contributed by atoms with E-state index < -0.39 is 7.75 Å². The van der Waals surface area contributed by atoms with E-state index >= 15 is 0 Å². The summed E-state index contributed by atoms with van der Waals surface area (Å²) in [6, 6.07) is 0. The third-order valence-electron chi connectivity index (χ3n) is 4.04. The second-order valence-electron chi connectivity index (χ2n) is 6.45. The largest absolute Gasteiger partial charge is 0.402 e. The van der Waals surface area contributed by atoms with Crippen molar-refractivity contribution in [1.82, 2.24) is 0 Å². The van der Waals surface area contributed by atoms with Crippen molar-refractivity contribution in [2.45, 2.75) is 104 Å². The maximum Gasteiger partial charge on any atom is 0.402 e. The molecule has 0 spiro atoms. The van der Waals surface area contributed by atoms with Crippen LogP contribution in [0.3, 0.4) is 0 Å². The fourth-order valence-corrected chi connectivity index (χ4v) is 3.38. The van der Waals surface area contributed by atoms with Gasteiger partial charge in [-0.05, 0) is 12.8 Å². The first-order chi connectivity index (χ1) is 11.1. The summed E-state index contributed by atoms with van der Waals surface area (Å²) < 4.78 is 22.4. The Bertz CT molecular complexity index is 263. The average Bonchev–Trinajstić information content (AvgIpc) is 2.52. The van der Waals surface area contributed by atoms with E-state index in [-0.39, 0.29) is 0 Å². The Morgan fingerprint density at radius 3 is 1.26 bits per heavy atom. The van der Waals surface area contributed by atoms with Crippen LogP contribution in [-0.2, 0) is 13.6 Å². The van der Waals surface area contributed by atoms with Crippen LogP contribution in [0.15, 0.2) is 0 Å². The van der Waals surface area contributed by atoms with E-state index in [0.717, 1.165) is 25.7 Å². The van der Waals surface area contributed by atoms with Crippen LogP contribution in [0.4, 0.5) is 0 Å². The minimum atomic E-state index is -3.32. The van der Waals surface area contributed by atoms with Crippen LogP contribution in [0.25, 0.3) is 0 Å². The number of hydrogen-bond donors (Lipinski definition) is 1. The van der Waals surface area contributed by atoms with E-state index in [1.807, 2.05) is 0 Å². The minimum Gasteiger partial charge on any atom is -0.297 e. The summed E-state index contributed by atoms with van der Waals surface area (Å²) in [6.45, 7) is 5.33. The van der Waals surface area contributed by atoms with E-state index in [9.17, 15) is 4.57 Å². The number of rotatable bonds is 18. The zero-order valence-electron chi connectivity index (χ0n) is 15.6. The van der Waals surface area contributed by atoms with Crippen LogP contribution in [0.2, 0.25) is 0 Å². The number of hydrogen-bond acceptors (Lipinski definition) is 3. The van der Waals surface area contributed by atoms with Crippen molar-refractivity contribution in [2.75, 3.05) is 13.2 Å². The molecule has 0 fully saturated rings. The molecule has 0 unspecified atom stereocenters. The Labute approximate surface area is 144 Å².